The van der Waals surface area contributed by atoms with Gasteiger partial charge in [0.1, 0.15) is 5.82 Å². The van der Waals surface area contributed by atoms with Crippen molar-refractivity contribution in [2.24, 2.45) is 5.92 Å². The largest absolute Gasteiger partial charge is 0.355 e. The Labute approximate surface area is 142 Å². The Kier molecular flexibility index (Phi) is 6.09. The molecular formula is C18H26N4O2. The molecular weight excluding hydrogens is 304 g/mol. The van der Waals surface area contributed by atoms with Crippen LogP contribution < -0.4 is 10.9 Å². The van der Waals surface area contributed by atoms with Gasteiger partial charge in [0.05, 0.1) is 10.9 Å². The lowest BCUT2D eigenvalue weighted by Gasteiger charge is -2.28. The highest BCUT2D eigenvalue weighted by Crippen LogP contribution is 2.08. The van der Waals surface area contributed by atoms with E-state index >= 15 is 0 Å². The highest BCUT2D eigenvalue weighted by molar-refractivity contribution is 5.78. The van der Waals surface area contributed by atoms with Crippen molar-refractivity contribution < 1.29 is 4.79 Å². The molecule has 0 aliphatic heterocycles. The summed E-state index contributed by atoms with van der Waals surface area (Å²) in [5.74, 6) is 0.971. The number of aryl methyl sites for hydroxylation is 1. The number of rotatable bonds is 7. The summed E-state index contributed by atoms with van der Waals surface area (Å²) in [5.41, 5.74) is 0.493. The maximum Gasteiger partial charge on any atom is 0.258 e. The number of benzene rings is 1. The number of fused-ring (bicyclic) bond motifs is 1. The van der Waals surface area contributed by atoms with E-state index in [1.165, 1.54) is 0 Å². The van der Waals surface area contributed by atoms with E-state index in [0.717, 1.165) is 0 Å². The number of hydrogen-bond acceptors (Lipinski definition) is 4. The standard InChI is InChI=1S/C18H26N4O2/c1-12(2)15(22(3)4)11-19-17(23)10-9-16-20-14-8-6-5-7-13(14)18(24)21-16/h5-8,12,15H,9-11H2,1-4H3,(H,19,23)(H,20,21,24)/t15-/m0/s1. The molecule has 2 rings (SSSR count). The molecule has 0 spiro atoms. The first-order valence-corrected chi connectivity index (χ1v) is 8.29. The van der Waals surface area contributed by atoms with Gasteiger partial charge in [-0.3, -0.25) is 9.59 Å². The van der Waals surface area contributed by atoms with Crippen molar-refractivity contribution in [3.63, 3.8) is 0 Å². The average Bonchev–Trinajstić information content (AvgIpc) is 2.52. The van der Waals surface area contributed by atoms with Gasteiger partial charge in [0.2, 0.25) is 5.91 Å². The Hall–Kier alpha value is -2.21. The summed E-state index contributed by atoms with van der Waals surface area (Å²) in [5, 5.41) is 3.53. The van der Waals surface area contributed by atoms with Gasteiger partial charge >= 0.3 is 0 Å². The summed E-state index contributed by atoms with van der Waals surface area (Å²) in [6.07, 6.45) is 0.722. The van der Waals surface area contributed by atoms with E-state index in [4.69, 9.17) is 0 Å². The van der Waals surface area contributed by atoms with Crippen molar-refractivity contribution in [2.45, 2.75) is 32.7 Å². The monoisotopic (exact) mass is 330 g/mol. The van der Waals surface area contributed by atoms with Crippen LogP contribution in [0, 0.1) is 5.92 Å². The number of hydrogen-bond donors (Lipinski definition) is 2. The second-order valence-electron chi connectivity index (χ2n) is 6.61. The maximum absolute atomic E-state index is 12.1. The maximum atomic E-state index is 12.1. The van der Waals surface area contributed by atoms with Gasteiger partial charge in [0, 0.05) is 25.4 Å². The molecule has 0 unspecified atom stereocenters. The van der Waals surface area contributed by atoms with E-state index in [1.807, 2.05) is 26.2 Å². The Morgan fingerprint density at radius 2 is 2.00 bits per heavy atom. The number of para-hydroxylation sites is 1. The van der Waals surface area contributed by atoms with Gasteiger partial charge in [0.25, 0.3) is 5.56 Å². The molecule has 1 atom stereocenters. The van der Waals surface area contributed by atoms with Crippen LogP contribution in [0.4, 0.5) is 0 Å². The number of aromatic nitrogens is 2. The summed E-state index contributed by atoms with van der Waals surface area (Å²) in [6, 6.07) is 7.50. The van der Waals surface area contributed by atoms with Crippen molar-refractivity contribution in [3.05, 3.63) is 40.4 Å². The first-order chi connectivity index (χ1) is 11.4. The van der Waals surface area contributed by atoms with Crippen LogP contribution in [-0.4, -0.2) is 47.5 Å². The summed E-state index contributed by atoms with van der Waals surface area (Å²) >= 11 is 0. The number of carbonyl (C=O) groups is 1. The molecule has 0 aliphatic rings. The van der Waals surface area contributed by atoms with E-state index < -0.39 is 0 Å². The lowest BCUT2D eigenvalue weighted by Crippen LogP contribution is -2.43. The van der Waals surface area contributed by atoms with E-state index in [9.17, 15) is 9.59 Å². The smallest absolute Gasteiger partial charge is 0.258 e. The number of nitrogens with one attached hydrogen (secondary N) is 2. The zero-order chi connectivity index (χ0) is 17.7. The molecule has 0 fully saturated rings. The van der Waals surface area contributed by atoms with Gasteiger partial charge in [-0.25, -0.2) is 4.98 Å². The van der Waals surface area contributed by atoms with Crippen molar-refractivity contribution in [3.8, 4) is 0 Å². The van der Waals surface area contributed by atoms with Gasteiger partial charge in [-0.05, 0) is 32.1 Å². The predicted octanol–water partition coefficient (Wildman–Crippen LogP) is 1.56. The van der Waals surface area contributed by atoms with Crippen LogP contribution in [0.3, 0.4) is 0 Å². The number of likely N-dealkylation sites (N-methyl/N-ethyl adjacent to an activating group) is 1. The lowest BCUT2D eigenvalue weighted by atomic mass is 10.0. The van der Waals surface area contributed by atoms with Crippen LogP contribution >= 0.6 is 0 Å². The van der Waals surface area contributed by atoms with Crippen LogP contribution in [0.15, 0.2) is 29.1 Å². The molecule has 1 amide bonds. The number of aromatic amines is 1. The molecule has 24 heavy (non-hydrogen) atoms. The number of nitrogens with zero attached hydrogens (tertiary/aromatic N) is 2. The average molecular weight is 330 g/mol. The molecule has 1 heterocycles. The third-order valence-corrected chi connectivity index (χ3v) is 4.19. The Morgan fingerprint density at radius 1 is 1.29 bits per heavy atom. The van der Waals surface area contributed by atoms with Crippen molar-refractivity contribution >= 4 is 16.8 Å². The number of H-pyrrole nitrogens is 1. The summed E-state index contributed by atoms with van der Waals surface area (Å²) < 4.78 is 0. The highest BCUT2D eigenvalue weighted by Gasteiger charge is 2.16. The van der Waals surface area contributed by atoms with E-state index in [2.05, 4.69) is 34.0 Å². The van der Waals surface area contributed by atoms with Crippen LogP contribution in [0.2, 0.25) is 0 Å². The summed E-state index contributed by atoms with van der Waals surface area (Å²) in [4.78, 5) is 33.4. The van der Waals surface area contributed by atoms with Gasteiger partial charge < -0.3 is 15.2 Å². The fraction of sp³-hybridized carbons (Fsp3) is 0.500. The first kappa shape index (κ1) is 18.1. The van der Waals surface area contributed by atoms with Gasteiger partial charge in [-0.15, -0.1) is 0 Å². The normalized spacial score (nSPS) is 12.8. The van der Waals surface area contributed by atoms with Gasteiger partial charge in [-0.1, -0.05) is 26.0 Å². The Bertz CT molecular complexity index is 744. The first-order valence-electron chi connectivity index (χ1n) is 8.29. The van der Waals surface area contributed by atoms with Crippen molar-refractivity contribution in [1.29, 1.82) is 0 Å². The second kappa shape index (κ2) is 8.06. The zero-order valence-corrected chi connectivity index (χ0v) is 14.8. The van der Waals surface area contributed by atoms with E-state index in [1.54, 1.807) is 12.1 Å². The molecule has 2 aromatic rings. The molecule has 6 nitrogen and oxygen atoms in total. The molecule has 2 N–H and O–H groups in total. The molecule has 0 saturated heterocycles. The molecule has 0 bridgehead atoms. The third-order valence-electron chi connectivity index (χ3n) is 4.19. The van der Waals surface area contributed by atoms with Crippen LogP contribution in [-0.2, 0) is 11.2 Å². The van der Waals surface area contributed by atoms with Crippen molar-refractivity contribution in [1.82, 2.24) is 20.2 Å². The van der Waals surface area contributed by atoms with Gasteiger partial charge in [0.15, 0.2) is 0 Å². The minimum atomic E-state index is -0.163. The van der Waals surface area contributed by atoms with E-state index in [-0.39, 0.29) is 11.5 Å². The van der Waals surface area contributed by atoms with Crippen LogP contribution in [0.25, 0.3) is 10.9 Å². The Morgan fingerprint density at radius 3 is 2.67 bits per heavy atom. The van der Waals surface area contributed by atoms with Crippen molar-refractivity contribution in [2.75, 3.05) is 20.6 Å². The molecule has 130 valence electrons. The molecule has 0 aliphatic carbocycles. The molecule has 1 aromatic carbocycles. The molecule has 1 aromatic heterocycles. The molecule has 0 saturated carbocycles. The minimum Gasteiger partial charge on any atom is -0.355 e. The number of amides is 1. The SMILES string of the molecule is CC(C)[C@H](CNC(=O)CCc1nc2ccccc2c(=O)[nH]1)N(C)C. The summed E-state index contributed by atoms with van der Waals surface area (Å²) in [7, 11) is 4.03. The summed E-state index contributed by atoms with van der Waals surface area (Å²) in [6.45, 7) is 4.90. The Balaban J connectivity index is 1.93. The van der Waals surface area contributed by atoms with E-state index in [0.29, 0.717) is 48.1 Å². The predicted molar refractivity (Wildman–Crippen MR) is 96.0 cm³/mol. The third kappa shape index (κ3) is 4.64. The zero-order valence-electron chi connectivity index (χ0n) is 14.8. The minimum absolute atomic E-state index is 0.0293. The second-order valence-corrected chi connectivity index (χ2v) is 6.61. The fourth-order valence-corrected chi connectivity index (χ4v) is 2.81. The topological polar surface area (TPSA) is 78.1 Å². The lowest BCUT2D eigenvalue weighted by molar-refractivity contribution is -0.121. The quantitative estimate of drug-likeness (QED) is 0.807. The van der Waals surface area contributed by atoms with Crippen LogP contribution in [0.1, 0.15) is 26.1 Å². The fourth-order valence-electron chi connectivity index (χ4n) is 2.81. The van der Waals surface area contributed by atoms with Crippen LogP contribution in [0.5, 0.6) is 0 Å². The molecule has 0 radical (unpaired) electrons. The number of carbonyl (C=O) groups excluding carboxylic acids is 1. The van der Waals surface area contributed by atoms with Gasteiger partial charge in [-0.2, -0.15) is 0 Å². The highest BCUT2D eigenvalue weighted by atomic mass is 16.1. The molecule has 6 heteroatoms.